The lowest BCUT2D eigenvalue weighted by atomic mass is 9.80. The van der Waals surface area contributed by atoms with E-state index in [0.717, 1.165) is 32.1 Å². The largest absolute Gasteiger partial charge is 0.347 e. The summed E-state index contributed by atoms with van der Waals surface area (Å²) in [6.07, 6.45) is 5.56. The Morgan fingerprint density at radius 2 is 1.48 bits per heavy atom. The average Bonchev–Trinajstić information content (AvgIpc) is 3.54. The minimum Gasteiger partial charge on any atom is -0.347 e. The fourth-order valence-electron chi connectivity index (χ4n) is 7.60. The number of likely N-dealkylation sites (tertiary alicyclic amines) is 2. The summed E-state index contributed by atoms with van der Waals surface area (Å²) < 4.78 is 0. The van der Waals surface area contributed by atoms with Gasteiger partial charge in [0.25, 0.3) is 5.91 Å². The first-order chi connectivity index (χ1) is 23.1. The second kappa shape index (κ2) is 15.0. The van der Waals surface area contributed by atoms with Crippen LogP contribution < -0.4 is 21.3 Å². The van der Waals surface area contributed by atoms with Crippen LogP contribution in [0.2, 0.25) is 0 Å². The number of urea groups is 1. The number of Topliss-reactive ketones (excluding diaryl/α,β-unsaturated/α-hetero) is 1. The zero-order valence-corrected chi connectivity index (χ0v) is 31.6. The molecule has 4 fully saturated rings. The number of nitrogens with one attached hydrogen (secondary N) is 4. The van der Waals surface area contributed by atoms with Crippen molar-refractivity contribution < 1.29 is 33.6 Å². The number of amides is 7. The molecule has 0 aromatic carbocycles. The van der Waals surface area contributed by atoms with Gasteiger partial charge in [-0.05, 0) is 60.2 Å². The van der Waals surface area contributed by atoms with Crippen LogP contribution in [0.15, 0.2) is 0 Å². The molecule has 4 aliphatic rings. The molecule has 6 atom stereocenters. The number of hydrogen-bond acceptors (Lipinski definition) is 7. The highest BCUT2D eigenvalue weighted by atomic mass is 16.2. The molecule has 2 aliphatic carbocycles. The van der Waals surface area contributed by atoms with E-state index >= 15 is 0 Å². The second-order valence-corrected chi connectivity index (χ2v) is 18.0. The molecule has 13 heteroatoms. The van der Waals surface area contributed by atoms with Crippen LogP contribution >= 0.6 is 0 Å². The summed E-state index contributed by atoms with van der Waals surface area (Å²) in [5.41, 5.74) is -1.72. The van der Waals surface area contributed by atoms with Crippen molar-refractivity contribution >= 4 is 41.4 Å². The van der Waals surface area contributed by atoms with Crippen molar-refractivity contribution in [3.63, 3.8) is 0 Å². The Labute approximate surface area is 297 Å². The highest BCUT2D eigenvalue weighted by molar-refractivity contribution is 6.38. The SMILES string of the molecule is CCC[C@H](NC(=O)[C@@H]1[C@H]2CCC[C@H]2CN1C(=O)[C@@H](NC(=O)N[C@H](CN1C(=O)CC(C)(C)CC1=O)C(C)(C)C)C(C)(C)C)C(=O)C(=O)NC1CC1. The lowest BCUT2D eigenvalue weighted by molar-refractivity contribution is -0.153. The topological polar surface area (TPSA) is 174 Å². The van der Waals surface area contributed by atoms with Gasteiger partial charge in [-0.25, -0.2) is 4.79 Å². The minimum absolute atomic E-state index is 0.00601. The van der Waals surface area contributed by atoms with E-state index in [2.05, 4.69) is 21.3 Å². The Morgan fingerprint density at radius 3 is 2.02 bits per heavy atom. The van der Waals surface area contributed by atoms with Crippen molar-refractivity contribution in [2.45, 2.75) is 150 Å². The van der Waals surface area contributed by atoms with Crippen molar-refractivity contribution in [3.05, 3.63) is 0 Å². The minimum atomic E-state index is -1.02. The summed E-state index contributed by atoms with van der Waals surface area (Å²) in [5, 5.41) is 11.4. The van der Waals surface area contributed by atoms with E-state index in [1.165, 1.54) is 4.90 Å². The maximum atomic E-state index is 14.5. The van der Waals surface area contributed by atoms with Crippen LogP contribution in [0.4, 0.5) is 4.79 Å². The molecule has 0 bridgehead atoms. The maximum Gasteiger partial charge on any atom is 0.315 e. The summed E-state index contributed by atoms with van der Waals surface area (Å²) in [6.45, 7) is 17.2. The van der Waals surface area contributed by atoms with Gasteiger partial charge in [0.15, 0.2) is 0 Å². The first-order valence-electron chi connectivity index (χ1n) is 18.5. The Hall–Kier alpha value is -3.51. The highest BCUT2D eigenvalue weighted by Crippen LogP contribution is 2.43. The average molecular weight is 701 g/mol. The van der Waals surface area contributed by atoms with Crippen molar-refractivity contribution in [3.8, 4) is 0 Å². The van der Waals surface area contributed by atoms with Gasteiger partial charge in [-0.3, -0.25) is 33.7 Å². The highest BCUT2D eigenvalue weighted by Gasteiger charge is 2.52. The van der Waals surface area contributed by atoms with Gasteiger partial charge in [0.1, 0.15) is 12.1 Å². The van der Waals surface area contributed by atoms with Gasteiger partial charge in [-0.1, -0.05) is 75.2 Å². The van der Waals surface area contributed by atoms with Crippen molar-refractivity contribution in [2.75, 3.05) is 13.1 Å². The van der Waals surface area contributed by atoms with Gasteiger partial charge in [-0.15, -0.1) is 0 Å². The van der Waals surface area contributed by atoms with E-state index in [4.69, 9.17) is 0 Å². The third-order valence-electron chi connectivity index (χ3n) is 10.8. The number of piperidine rings is 1. The molecule has 50 heavy (non-hydrogen) atoms. The monoisotopic (exact) mass is 700 g/mol. The van der Waals surface area contributed by atoms with E-state index in [1.807, 2.05) is 62.3 Å². The fraction of sp³-hybridized carbons (Fsp3) is 0.811. The van der Waals surface area contributed by atoms with E-state index < -0.39 is 69.9 Å². The number of hydrogen-bond donors (Lipinski definition) is 4. The number of fused-ring (bicyclic) bond motifs is 1. The van der Waals surface area contributed by atoms with E-state index in [0.29, 0.717) is 19.4 Å². The molecule has 0 radical (unpaired) electrons. The van der Waals surface area contributed by atoms with Crippen LogP contribution in [0, 0.1) is 28.1 Å². The molecule has 13 nitrogen and oxygen atoms in total. The fourth-order valence-corrected chi connectivity index (χ4v) is 7.60. The first kappa shape index (κ1) is 39.3. The Morgan fingerprint density at radius 1 is 0.860 bits per heavy atom. The zero-order valence-electron chi connectivity index (χ0n) is 31.6. The van der Waals surface area contributed by atoms with Gasteiger partial charge >= 0.3 is 6.03 Å². The lowest BCUT2D eigenvalue weighted by Crippen LogP contribution is -2.62. The smallest absolute Gasteiger partial charge is 0.315 e. The third kappa shape index (κ3) is 9.42. The van der Waals surface area contributed by atoms with Gasteiger partial charge < -0.3 is 26.2 Å². The molecule has 2 heterocycles. The van der Waals surface area contributed by atoms with E-state index in [9.17, 15) is 33.6 Å². The Kier molecular flexibility index (Phi) is 11.8. The van der Waals surface area contributed by atoms with Gasteiger partial charge in [-0.2, -0.15) is 0 Å². The van der Waals surface area contributed by atoms with Crippen molar-refractivity contribution in [1.82, 2.24) is 31.1 Å². The molecule has 0 spiro atoms. The van der Waals surface area contributed by atoms with Crippen LogP contribution in [0.1, 0.15) is 120 Å². The van der Waals surface area contributed by atoms with Gasteiger partial charge in [0.2, 0.25) is 29.4 Å². The van der Waals surface area contributed by atoms with E-state index in [-0.39, 0.29) is 49.1 Å². The predicted molar refractivity (Wildman–Crippen MR) is 187 cm³/mol. The maximum absolute atomic E-state index is 14.5. The van der Waals surface area contributed by atoms with Gasteiger partial charge in [0, 0.05) is 32.0 Å². The summed E-state index contributed by atoms with van der Waals surface area (Å²) in [6, 6.07) is -4.08. The summed E-state index contributed by atoms with van der Waals surface area (Å²) >= 11 is 0. The number of nitrogens with zero attached hydrogens (tertiary/aromatic N) is 2. The number of imide groups is 1. The molecule has 4 N–H and O–H groups in total. The molecule has 280 valence electrons. The Bertz CT molecular complexity index is 1340. The number of carbonyl (C=O) groups is 7. The normalized spacial score (nSPS) is 25.3. The van der Waals surface area contributed by atoms with E-state index in [1.54, 1.807) is 4.90 Å². The van der Waals surface area contributed by atoms with Crippen LogP contribution in [-0.2, 0) is 28.8 Å². The summed E-state index contributed by atoms with van der Waals surface area (Å²) in [5.74, 6) is -2.77. The standard InChI is InChI=1S/C37H60N6O7/c1-10-12-24(29(46)32(48)38-22-15-16-22)39-31(47)28-23-14-11-13-21(23)19-43(28)33(49)30(36(5,6)7)41-34(50)40-25(35(2,3)4)20-42-26(44)17-37(8,9)18-27(42)45/h21-25,28,30H,10-20H2,1-9H3,(H,38,48)(H,39,47)(H2,40,41,50)/t21-,23-,24-,25+,28-,30+/m0/s1. The Balaban J connectivity index is 1.51. The molecule has 4 rings (SSSR count). The van der Waals surface area contributed by atoms with Gasteiger partial charge in [0.05, 0.1) is 12.1 Å². The quantitative estimate of drug-likeness (QED) is 0.179. The summed E-state index contributed by atoms with van der Waals surface area (Å²) in [7, 11) is 0. The molecule has 0 aromatic heterocycles. The molecule has 2 saturated heterocycles. The number of carbonyl (C=O) groups excluding carboxylic acids is 7. The van der Waals surface area contributed by atoms with Crippen molar-refractivity contribution in [1.29, 1.82) is 0 Å². The van der Waals surface area contributed by atoms with Crippen LogP contribution in [0.3, 0.4) is 0 Å². The molecule has 0 aromatic rings. The molecule has 2 saturated carbocycles. The summed E-state index contributed by atoms with van der Waals surface area (Å²) in [4.78, 5) is 96.6. The third-order valence-corrected chi connectivity index (χ3v) is 10.8. The lowest BCUT2D eigenvalue weighted by Gasteiger charge is -2.40. The second-order valence-electron chi connectivity index (χ2n) is 18.0. The first-order valence-corrected chi connectivity index (χ1v) is 18.5. The van der Waals surface area contributed by atoms with Crippen LogP contribution in [0.25, 0.3) is 0 Å². The molecule has 0 unspecified atom stereocenters. The molecule has 7 amide bonds. The van der Waals surface area contributed by atoms with Crippen LogP contribution in [0.5, 0.6) is 0 Å². The molecular formula is C37H60N6O7. The van der Waals surface area contributed by atoms with Crippen LogP contribution in [-0.4, -0.2) is 94.4 Å². The number of rotatable bonds is 12. The zero-order chi connectivity index (χ0) is 37.3. The number of ketones is 1. The predicted octanol–water partition coefficient (Wildman–Crippen LogP) is 3.05. The molecule has 2 aliphatic heterocycles. The molecular weight excluding hydrogens is 640 g/mol. The van der Waals surface area contributed by atoms with Crippen molar-refractivity contribution in [2.24, 2.45) is 28.1 Å².